The fourth-order valence-corrected chi connectivity index (χ4v) is 3.29. The van der Waals surface area contributed by atoms with Crippen molar-refractivity contribution in [2.45, 2.75) is 45.1 Å². The molecule has 0 saturated carbocycles. The number of fused-ring (bicyclic) bond motifs is 1. The number of hydrogen-bond donors (Lipinski definition) is 0. The Bertz CT molecular complexity index is 960. The van der Waals surface area contributed by atoms with E-state index in [4.69, 9.17) is 4.98 Å². The molecule has 27 heavy (non-hydrogen) atoms. The van der Waals surface area contributed by atoms with Crippen molar-refractivity contribution in [3.8, 4) is 0 Å². The van der Waals surface area contributed by atoms with Gasteiger partial charge in [-0.1, -0.05) is 50.3 Å². The maximum atomic E-state index is 13.8. The summed E-state index contributed by atoms with van der Waals surface area (Å²) in [7, 11) is 0. The van der Waals surface area contributed by atoms with E-state index in [-0.39, 0.29) is 18.4 Å². The van der Waals surface area contributed by atoms with Gasteiger partial charge in [0, 0.05) is 18.4 Å². The number of nitrogens with zero attached hydrogens (tertiary/aromatic N) is 5. The van der Waals surface area contributed by atoms with Gasteiger partial charge in [0.05, 0.1) is 24.5 Å². The fraction of sp³-hybridized carbons (Fsp3) is 0.450. The lowest BCUT2D eigenvalue weighted by Gasteiger charge is -2.23. The van der Waals surface area contributed by atoms with Crippen molar-refractivity contribution in [3.05, 3.63) is 47.7 Å². The van der Waals surface area contributed by atoms with Gasteiger partial charge in [0.15, 0.2) is 11.2 Å². The summed E-state index contributed by atoms with van der Waals surface area (Å²) in [5, 5.41) is 8.53. The van der Waals surface area contributed by atoms with Crippen LogP contribution in [0.2, 0.25) is 0 Å². The summed E-state index contributed by atoms with van der Waals surface area (Å²) in [5.41, 5.74) is 3.44. The fourth-order valence-electron chi connectivity index (χ4n) is 3.29. The van der Waals surface area contributed by atoms with E-state index in [0.29, 0.717) is 29.9 Å². The molecule has 0 bridgehead atoms. The van der Waals surface area contributed by atoms with E-state index in [0.717, 1.165) is 11.3 Å². The average Bonchev–Trinajstić information content (AvgIpc) is 3.17. The monoisotopic (exact) mass is 370 g/mol. The van der Waals surface area contributed by atoms with Crippen LogP contribution in [-0.2, 0) is 12.0 Å². The van der Waals surface area contributed by atoms with Crippen LogP contribution in [0.3, 0.4) is 0 Å². The molecule has 1 radical (unpaired) electrons. The summed E-state index contributed by atoms with van der Waals surface area (Å²) in [6.45, 7) is 6.66. The summed E-state index contributed by atoms with van der Waals surface area (Å²) >= 11 is 0. The zero-order chi connectivity index (χ0) is 19.2. The normalized spacial score (nSPS) is 17.0. The maximum Gasteiger partial charge on any atom is 0.266 e. The number of anilines is 1. The number of alkyl halides is 2. The van der Waals surface area contributed by atoms with Crippen LogP contribution in [0.25, 0.3) is 11.2 Å². The molecule has 141 valence electrons. The third kappa shape index (κ3) is 3.50. The summed E-state index contributed by atoms with van der Waals surface area (Å²) in [4.78, 5) is 6.48. The molecular formula is C20H22F2N5. The highest BCUT2D eigenvalue weighted by Crippen LogP contribution is 2.36. The number of pyridine rings is 1. The van der Waals surface area contributed by atoms with Gasteiger partial charge in [0.1, 0.15) is 0 Å². The van der Waals surface area contributed by atoms with Gasteiger partial charge in [-0.25, -0.2) is 18.4 Å². The van der Waals surface area contributed by atoms with Crippen LogP contribution in [0.15, 0.2) is 30.3 Å². The first-order valence-corrected chi connectivity index (χ1v) is 9.06. The van der Waals surface area contributed by atoms with E-state index in [1.54, 1.807) is 9.58 Å². The van der Waals surface area contributed by atoms with E-state index in [2.05, 4.69) is 37.1 Å². The Morgan fingerprint density at radius 2 is 2.07 bits per heavy atom. The Balaban J connectivity index is 1.83. The van der Waals surface area contributed by atoms with E-state index >= 15 is 0 Å². The highest BCUT2D eigenvalue weighted by atomic mass is 19.3. The van der Waals surface area contributed by atoms with Crippen molar-refractivity contribution < 1.29 is 8.78 Å². The van der Waals surface area contributed by atoms with Gasteiger partial charge in [-0.3, -0.25) is 0 Å². The van der Waals surface area contributed by atoms with Gasteiger partial charge in [-0.05, 0) is 17.7 Å². The quantitative estimate of drug-likeness (QED) is 0.703. The van der Waals surface area contributed by atoms with Gasteiger partial charge in [0.25, 0.3) is 5.92 Å². The molecule has 1 aliphatic heterocycles. The summed E-state index contributed by atoms with van der Waals surface area (Å²) in [6.07, 6.45) is -0.144. The molecule has 0 N–H and O–H groups in total. The van der Waals surface area contributed by atoms with Crippen molar-refractivity contribution >= 4 is 16.9 Å². The van der Waals surface area contributed by atoms with Crippen LogP contribution in [0.1, 0.15) is 38.4 Å². The predicted molar refractivity (Wildman–Crippen MR) is 100 cm³/mol. The molecule has 0 aliphatic carbocycles. The first kappa shape index (κ1) is 17.8. The Kier molecular flexibility index (Phi) is 4.13. The lowest BCUT2D eigenvalue weighted by atomic mass is 9.91. The number of hydrogen-bond acceptors (Lipinski definition) is 4. The lowest BCUT2D eigenvalue weighted by molar-refractivity contribution is 0.0257. The predicted octanol–water partition coefficient (Wildman–Crippen LogP) is 3.82. The summed E-state index contributed by atoms with van der Waals surface area (Å²) < 4.78 is 29.3. The number of aromatic nitrogens is 4. The second-order valence-electron chi connectivity index (χ2n) is 8.11. The lowest BCUT2D eigenvalue weighted by Crippen LogP contribution is -2.26. The minimum atomic E-state index is -2.67. The second-order valence-corrected chi connectivity index (χ2v) is 8.11. The molecule has 0 unspecified atom stereocenters. The molecule has 0 amide bonds. The topological polar surface area (TPSA) is 46.8 Å². The standard InChI is InChI=1S/C20H22F2N5/c1-19(2,3)16-11-15(26-10-9-20(21,22)13-26)17-18(23-16)27(25-24-17)12-14-7-5-4-6-8-14/h4-7,11H,9-10,12-13H2,1-3H3. The Labute approximate surface area is 157 Å². The van der Waals surface area contributed by atoms with E-state index < -0.39 is 5.92 Å². The molecule has 1 fully saturated rings. The molecule has 7 heteroatoms. The van der Waals surface area contributed by atoms with E-state index in [9.17, 15) is 8.78 Å². The van der Waals surface area contributed by atoms with Crippen molar-refractivity contribution in [2.75, 3.05) is 18.0 Å². The molecule has 2 aromatic heterocycles. The van der Waals surface area contributed by atoms with Crippen molar-refractivity contribution in [1.29, 1.82) is 0 Å². The van der Waals surface area contributed by atoms with Gasteiger partial charge < -0.3 is 4.90 Å². The minimum Gasteiger partial charge on any atom is -0.363 e. The van der Waals surface area contributed by atoms with Crippen LogP contribution < -0.4 is 4.90 Å². The van der Waals surface area contributed by atoms with Crippen molar-refractivity contribution in [2.24, 2.45) is 0 Å². The number of rotatable bonds is 3. The number of benzene rings is 1. The van der Waals surface area contributed by atoms with Crippen LogP contribution in [-0.4, -0.2) is 39.0 Å². The molecule has 1 aromatic carbocycles. The van der Waals surface area contributed by atoms with Gasteiger partial charge in [-0.2, -0.15) is 0 Å². The van der Waals surface area contributed by atoms with Gasteiger partial charge >= 0.3 is 0 Å². The van der Waals surface area contributed by atoms with Crippen LogP contribution in [0, 0.1) is 6.07 Å². The first-order valence-electron chi connectivity index (χ1n) is 9.06. The van der Waals surface area contributed by atoms with E-state index in [1.165, 1.54) is 0 Å². The average molecular weight is 370 g/mol. The Morgan fingerprint density at radius 3 is 2.70 bits per heavy atom. The molecule has 5 nitrogen and oxygen atoms in total. The van der Waals surface area contributed by atoms with Gasteiger partial charge in [0.2, 0.25) is 0 Å². The zero-order valence-electron chi connectivity index (χ0n) is 15.7. The van der Waals surface area contributed by atoms with Gasteiger partial charge in [-0.15, -0.1) is 5.10 Å². The molecule has 1 saturated heterocycles. The molecular weight excluding hydrogens is 348 g/mol. The van der Waals surface area contributed by atoms with E-state index in [1.807, 2.05) is 30.3 Å². The maximum absolute atomic E-state index is 13.8. The first-order chi connectivity index (χ1) is 12.7. The summed E-state index contributed by atoms with van der Waals surface area (Å²) in [6, 6.07) is 12.7. The third-order valence-electron chi connectivity index (χ3n) is 4.82. The smallest absolute Gasteiger partial charge is 0.266 e. The highest BCUT2D eigenvalue weighted by molar-refractivity contribution is 5.86. The van der Waals surface area contributed by atoms with Crippen LogP contribution in [0.5, 0.6) is 0 Å². The van der Waals surface area contributed by atoms with Crippen molar-refractivity contribution in [1.82, 2.24) is 20.0 Å². The van der Waals surface area contributed by atoms with Crippen LogP contribution in [0.4, 0.5) is 14.5 Å². The third-order valence-corrected chi connectivity index (χ3v) is 4.82. The SMILES string of the molecule is CC(C)(C)c1cc(N2CCC(F)(F)C2)c2nnn(Cc3[c]cccc3)c2n1. The highest BCUT2D eigenvalue weighted by Gasteiger charge is 2.39. The molecule has 0 atom stereocenters. The molecule has 4 rings (SSSR count). The van der Waals surface area contributed by atoms with Crippen molar-refractivity contribution in [3.63, 3.8) is 0 Å². The van der Waals surface area contributed by atoms with Crippen LogP contribution >= 0.6 is 0 Å². The minimum absolute atomic E-state index is 0.144. The Morgan fingerprint density at radius 1 is 1.26 bits per heavy atom. The molecule has 3 heterocycles. The molecule has 3 aromatic rings. The zero-order valence-corrected chi connectivity index (χ0v) is 15.7. The molecule has 1 aliphatic rings. The summed E-state index contributed by atoms with van der Waals surface area (Å²) in [5.74, 6) is -2.67. The second kappa shape index (κ2) is 6.25. The number of halogens is 2. The molecule has 0 spiro atoms. The largest absolute Gasteiger partial charge is 0.363 e. The Hall–Kier alpha value is -2.57.